The lowest BCUT2D eigenvalue weighted by Gasteiger charge is -2.13. The molecule has 7 nitrogen and oxygen atoms in total. The van der Waals surface area contributed by atoms with Crippen molar-refractivity contribution in [2.24, 2.45) is 0 Å². The third-order valence-electron chi connectivity index (χ3n) is 4.89. The van der Waals surface area contributed by atoms with Gasteiger partial charge in [-0.05, 0) is 18.1 Å². The molecule has 0 amide bonds. The maximum atomic E-state index is 12.8. The molecule has 0 unspecified atom stereocenters. The summed E-state index contributed by atoms with van der Waals surface area (Å²) in [5.41, 5.74) is 2.96. The van der Waals surface area contributed by atoms with Crippen LogP contribution in [0.4, 0.5) is 5.69 Å². The van der Waals surface area contributed by atoms with Crippen molar-refractivity contribution in [3.63, 3.8) is 0 Å². The maximum Gasteiger partial charge on any atom is 0.277 e. The van der Waals surface area contributed by atoms with Gasteiger partial charge >= 0.3 is 0 Å². The van der Waals surface area contributed by atoms with E-state index in [2.05, 4.69) is 12.0 Å². The first-order valence-corrected chi connectivity index (χ1v) is 9.30. The van der Waals surface area contributed by atoms with Crippen LogP contribution in [0.15, 0.2) is 59.5 Å². The van der Waals surface area contributed by atoms with E-state index in [4.69, 9.17) is 0 Å². The molecule has 28 heavy (non-hydrogen) atoms. The van der Waals surface area contributed by atoms with E-state index >= 15 is 0 Å². The average Bonchev–Trinajstić information content (AvgIpc) is 3.03. The summed E-state index contributed by atoms with van der Waals surface area (Å²) in [6.45, 7) is 3.11. The molecule has 7 heteroatoms. The zero-order valence-corrected chi connectivity index (χ0v) is 15.5. The van der Waals surface area contributed by atoms with Gasteiger partial charge in [-0.1, -0.05) is 43.7 Å². The van der Waals surface area contributed by atoms with Crippen molar-refractivity contribution in [2.75, 3.05) is 0 Å². The maximum absolute atomic E-state index is 12.8. The predicted octanol–water partition coefficient (Wildman–Crippen LogP) is 4.06. The molecule has 0 atom stereocenters. The van der Waals surface area contributed by atoms with Crippen LogP contribution in [0.25, 0.3) is 22.2 Å². The van der Waals surface area contributed by atoms with Crippen LogP contribution in [-0.4, -0.2) is 19.3 Å². The second-order valence-corrected chi connectivity index (χ2v) is 6.85. The zero-order chi connectivity index (χ0) is 19.7. The van der Waals surface area contributed by atoms with Gasteiger partial charge in [-0.15, -0.1) is 0 Å². The number of aromatic nitrogens is 3. The van der Waals surface area contributed by atoms with Gasteiger partial charge in [-0.2, -0.15) is 5.10 Å². The standard InChI is InChI=1S/C21H20N4O3/c1-2-3-11-24-21(26)18-14-23(13-15-7-6-8-16(12-15)25(27)28)19-10-5-4-9-17(19)20(18)22-24/h4-10,12,14H,2-3,11,13H2,1H3. The summed E-state index contributed by atoms with van der Waals surface area (Å²) in [7, 11) is 0. The molecule has 2 heterocycles. The molecular weight excluding hydrogens is 356 g/mol. The van der Waals surface area contributed by atoms with E-state index in [-0.39, 0.29) is 11.2 Å². The predicted molar refractivity (Wildman–Crippen MR) is 108 cm³/mol. The zero-order valence-electron chi connectivity index (χ0n) is 15.5. The van der Waals surface area contributed by atoms with Gasteiger partial charge in [-0.3, -0.25) is 14.9 Å². The summed E-state index contributed by atoms with van der Waals surface area (Å²) >= 11 is 0. The first-order chi connectivity index (χ1) is 13.6. The van der Waals surface area contributed by atoms with E-state index in [1.807, 2.05) is 41.1 Å². The summed E-state index contributed by atoms with van der Waals surface area (Å²) in [5.74, 6) is 0. The van der Waals surface area contributed by atoms with Gasteiger partial charge in [0.2, 0.25) is 0 Å². The number of nitro groups is 1. The molecule has 142 valence electrons. The molecule has 2 aliphatic rings. The SMILES string of the molecule is CCCCn1nc2c3ccccc3n(Cc3cccc([N+](=O)[O-])c3)cc-2c1=O. The fraction of sp³-hybridized carbons (Fsp3) is 0.238. The van der Waals surface area contributed by atoms with Gasteiger partial charge in [-0.25, -0.2) is 4.68 Å². The Kier molecular flexibility index (Phi) is 4.65. The summed E-state index contributed by atoms with van der Waals surface area (Å²) < 4.78 is 3.50. The monoisotopic (exact) mass is 376 g/mol. The number of aryl methyl sites for hydroxylation is 1. The van der Waals surface area contributed by atoms with Crippen molar-refractivity contribution in [1.82, 2.24) is 14.3 Å². The second-order valence-electron chi connectivity index (χ2n) is 6.85. The third-order valence-corrected chi connectivity index (χ3v) is 4.89. The Hall–Kier alpha value is -3.48. The van der Waals surface area contributed by atoms with Crippen LogP contribution in [0.2, 0.25) is 0 Å². The molecule has 0 saturated heterocycles. The highest BCUT2D eigenvalue weighted by Crippen LogP contribution is 2.28. The molecule has 0 aliphatic carbocycles. The lowest BCUT2D eigenvalue weighted by Crippen LogP contribution is -2.17. The number of nitrogens with zero attached hydrogens (tertiary/aromatic N) is 4. The van der Waals surface area contributed by atoms with E-state index in [9.17, 15) is 14.9 Å². The number of pyridine rings is 1. The highest BCUT2D eigenvalue weighted by atomic mass is 16.6. The first kappa shape index (κ1) is 17.9. The molecule has 0 radical (unpaired) electrons. The second kappa shape index (κ2) is 7.26. The quantitative estimate of drug-likeness (QED) is 0.375. The van der Waals surface area contributed by atoms with Gasteiger partial charge in [0.15, 0.2) is 0 Å². The molecule has 0 N–H and O–H groups in total. The summed E-state index contributed by atoms with van der Waals surface area (Å²) in [6.07, 6.45) is 3.70. The number of non-ortho nitro benzene ring substituents is 1. The lowest BCUT2D eigenvalue weighted by molar-refractivity contribution is -0.384. The lowest BCUT2D eigenvalue weighted by atomic mass is 10.1. The number of benzene rings is 2. The third kappa shape index (κ3) is 3.15. The Morgan fingerprint density at radius 1 is 1.14 bits per heavy atom. The average molecular weight is 376 g/mol. The molecule has 0 saturated carbocycles. The highest BCUT2D eigenvalue weighted by Gasteiger charge is 2.20. The summed E-state index contributed by atoms with van der Waals surface area (Å²) in [6, 6.07) is 14.4. The largest absolute Gasteiger partial charge is 0.342 e. The Morgan fingerprint density at radius 3 is 2.75 bits per heavy atom. The Labute approximate surface area is 161 Å². The number of nitro benzene ring substituents is 1. The number of rotatable bonds is 6. The van der Waals surface area contributed by atoms with Gasteiger partial charge in [0.25, 0.3) is 11.2 Å². The van der Waals surface area contributed by atoms with Crippen LogP contribution in [-0.2, 0) is 13.1 Å². The Morgan fingerprint density at radius 2 is 1.96 bits per heavy atom. The number of para-hydroxylation sites is 1. The first-order valence-electron chi connectivity index (χ1n) is 9.30. The molecule has 0 bridgehead atoms. The molecule has 2 aliphatic heterocycles. The van der Waals surface area contributed by atoms with Crippen molar-refractivity contribution in [1.29, 1.82) is 0 Å². The molecule has 2 aromatic rings. The minimum Gasteiger partial charge on any atom is -0.342 e. The number of unbranched alkanes of at least 4 members (excludes halogenated alkanes) is 1. The van der Waals surface area contributed by atoms with Gasteiger partial charge in [0.05, 0.1) is 16.0 Å². The minimum absolute atomic E-state index is 0.0559. The molecule has 4 rings (SSSR count). The fourth-order valence-electron chi connectivity index (χ4n) is 3.48. The van der Waals surface area contributed by atoms with Gasteiger partial charge in [0.1, 0.15) is 5.69 Å². The van der Waals surface area contributed by atoms with Gasteiger partial charge in [0, 0.05) is 36.8 Å². The van der Waals surface area contributed by atoms with Crippen LogP contribution in [0.3, 0.4) is 0 Å². The topological polar surface area (TPSA) is 83.0 Å². The molecule has 2 aromatic carbocycles. The van der Waals surface area contributed by atoms with Crippen molar-refractivity contribution in [3.8, 4) is 11.3 Å². The number of hydrogen-bond acceptors (Lipinski definition) is 4. The van der Waals surface area contributed by atoms with E-state index in [1.165, 1.54) is 10.7 Å². The summed E-state index contributed by atoms with van der Waals surface area (Å²) in [4.78, 5) is 23.5. The molecule has 0 fully saturated rings. The van der Waals surface area contributed by atoms with Crippen LogP contribution in [0.5, 0.6) is 0 Å². The van der Waals surface area contributed by atoms with Crippen LogP contribution in [0, 0.1) is 10.1 Å². The van der Waals surface area contributed by atoms with Crippen molar-refractivity contribution in [3.05, 3.63) is 80.8 Å². The van der Waals surface area contributed by atoms with Crippen molar-refractivity contribution >= 4 is 16.6 Å². The van der Waals surface area contributed by atoms with Crippen LogP contribution < -0.4 is 5.56 Å². The van der Waals surface area contributed by atoms with Crippen LogP contribution >= 0.6 is 0 Å². The summed E-state index contributed by atoms with van der Waals surface area (Å²) in [5, 5.41) is 16.5. The molecule has 0 aromatic heterocycles. The number of hydrogen-bond donors (Lipinski definition) is 0. The van der Waals surface area contributed by atoms with E-state index in [0.717, 1.165) is 29.3 Å². The molecular formula is C21H20N4O3. The van der Waals surface area contributed by atoms with Crippen LogP contribution in [0.1, 0.15) is 25.3 Å². The highest BCUT2D eigenvalue weighted by molar-refractivity contribution is 5.93. The van der Waals surface area contributed by atoms with Crippen molar-refractivity contribution in [2.45, 2.75) is 32.9 Å². The van der Waals surface area contributed by atoms with Crippen molar-refractivity contribution < 1.29 is 4.92 Å². The Bertz CT molecular complexity index is 1190. The van der Waals surface area contributed by atoms with E-state index in [0.29, 0.717) is 24.3 Å². The molecule has 0 spiro atoms. The van der Waals surface area contributed by atoms with E-state index < -0.39 is 4.92 Å². The smallest absolute Gasteiger partial charge is 0.277 e. The fourth-order valence-corrected chi connectivity index (χ4v) is 3.48. The number of fused-ring (bicyclic) bond motifs is 3. The Balaban J connectivity index is 1.87. The van der Waals surface area contributed by atoms with Gasteiger partial charge < -0.3 is 4.57 Å². The van der Waals surface area contributed by atoms with E-state index in [1.54, 1.807) is 12.1 Å². The minimum atomic E-state index is -0.400. The normalized spacial score (nSPS) is 11.3.